The number of carbonyl (C=O) groups is 2. The Labute approximate surface area is 204 Å². The Hall–Kier alpha value is -3.40. The van der Waals surface area contributed by atoms with Crippen molar-refractivity contribution in [2.24, 2.45) is 0 Å². The van der Waals surface area contributed by atoms with Crippen LogP contribution in [-0.4, -0.2) is 31.3 Å². The minimum atomic E-state index is 0.672. The second kappa shape index (κ2) is 9.22. The van der Waals surface area contributed by atoms with Gasteiger partial charge in [-0.3, -0.25) is 18.4 Å². The van der Waals surface area contributed by atoms with Gasteiger partial charge in [0.15, 0.2) is 9.92 Å². The number of thiazole rings is 2. The summed E-state index contributed by atoms with van der Waals surface area (Å²) < 4.78 is 4.92. The zero-order valence-corrected chi connectivity index (χ0v) is 20.2. The fourth-order valence-corrected chi connectivity index (χ4v) is 5.40. The Bertz CT molecular complexity index is 1530. The number of aldehydes is 2. The molecule has 162 valence electrons. The van der Waals surface area contributed by atoms with Gasteiger partial charge in [-0.15, -0.1) is 22.7 Å². The van der Waals surface area contributed by atoms with E-state index in [1.54, 1.807) is 46.9 Å². The zero-order chi connectivity index (χ0) is 22.8. The fraction of sp³-hybridized carbons (Fsp3) is 0. The summed E-state index contributed by atoms with van der Waals surface area (Å²) in [5.74, 6) is 0. The molecule has 0 bridgehead atoms. The number of aromatic nitrogens is 4. The molecule has 6 rings (SSSR count). The molecule has 0 amide bonds. The van der Waals surface area contributed by atoms with Gasteiger partial charge in [-0.05, 0) is 15.9 Å². The van der Waals surface area contributed by atoms with Gasteiger partial charge in [0.1, 0.15) is 22.9 Å². The Kier molecular flexibility index (Phi) is 5.99. The monoisotopic (exact) mass is 534 g/mol. The second-order valence-corrected chi connectivity index (χ2v) is 9.50. The van der Waals surface area contributed by atoms with Gasteiger partial charge in [-0.1, -0.05) is 48.5 Å². The summed E-state index contributed by atoms with van der Waals surface area (Å²) in [5, 5.41) is 3.99. The van der Waals surface area contributed by atoms with Crippen LogP contribution in [0.4, 0.5) is 0 Å². The summed E-state index contributed by atoms with van der Waals surface area (Å²) in [6, 6.07) is 14.8. The first-order chi connectivity index (χ1) is 16.2. The van der Waals surface area contributed by atoms with Crippen molar-refractivity contribution in [3.63, 3.8) is 0 Å². The maximum absolute atomic E-state index is 10.6. The third kappa shape index (κ3) is 4.30. The number of carbonyl (C=O) groups excluding carboxylic acids is 2. The van der Waals surface area contributed by atoms with Gasteiger partial charge in [0, 0.05) is 51.6 Å². The number of rotatable bonds is 4. The highest BCUT2D eigenvalue weighted by Crippen LogP contribution is 2.30. The standard InChI is InChI=1S/C12H7BrN2OS.C12H8N2OS/c13-11-10(14-12-15(11)5-6-17-12)9-3-1-8(7-16)2-4-9;15-8-9-1-3-10(4-2-9)11-7-14-5-6-16-12(14)13-11/h1-7H;1-8H. The molecule has 4 aromatic heterocycles. The van der Waals surface area contributed by atoms with E-state index in [1.807, 2.05) is 62.4 Å². The fourth-order valence-electron chi connectivity index (χ4n) is 3.26. The van der Waals surface area contributed by atoms with E-state index in [1.165, 1.54) is 0 Å². The molecule has 9 heteroatoms. The number of benzene rings is 2. The minimum Gasteiger partial charge on any atom is -0.298 e. The Morgan fingerprint density at radius 2 is 1.36 bits per heavy atom. The molecule has 0 aliphatic heterocycles. The quantitative estimate of drug-likeness (QED) is 0.241. The maximum atomic E-state index is 10.6. The molecule has 0 radical (unpaired) electrons. The first-order valence-corrected chi connectivity index (χ1v) is 12.4. The molecular formula is C24H15BrN4O2S2. The van der Waals surface area contributed by atoms with Crippen LogP contribution in [0, 0.1) is 0 Å². The smallest absolute Gasteiger partial charge is 0.195 e. The first kappa shape index (κ1) is 21.4. The van der Waals surface area contributed by atoms with Crippen molar-refractivity contribution in [1.29, 1.82) is 0 Å². The second-order valence-electron chi connectivity index (χ2n) is 7.01. The van der Waals surface area contributed by atoms with Crippen LogP contribution in [0.1, 0.15) is 20.7 Å². The lowest BCUT2D eigenvalue weighted by Gasteiger charge is -1.98. The third-order valence-electron chi connectivity index (χ3n) is 4.96. The summed E-state index contributed by atoms with van der Waals surface area (Å²) >= 11 is 6.74. The van der Waals surface area contributed by atoms with E-state index in [9.17, 15) is 9.59 Å². The van der Waals surface area contributed by atoms with E-state index in [0.717, 1.165) is 49.6 Å². The van der Waals surface area contributed by atoms with Crippen LogP contribution in [0.3, 0.4) is 0 Å². The van der Waals surface area contributed by atoms with Crippen LogP contribution in [0.2, 0.25) is 0 Å². The van der Waals surface area contributed by atoms with Gasteiger partial charge in [-0.2, -0.15) is 0 Å². The highest BCUT2D eigenvalue weighted by atomic mass is 79.9. The van der Waals surface area contributed by atoms with E-state index in [0.29, 0.717) is 11.1 Å². The maximum Gasteiger partial charge on any atom is 0.195 e. The lowest BCUT2D eigenvalue weighted by Crippen LogP contribution is -1.82. The van der Waals surface area contributed by atoms with E-state index in [-0.39, 0.29) is 0 Å². The highest BCUT2D eigenvalue weighted by molar-refractivity contribution is 9.10. The van der Waals surface area contributed by atoms with Crippen molar-refractivity contribution in [3.8, 4) is 22.5 Å². The van der Waals surface area contributed by atoms with E-state index in [2.05, 4.69) is 25.9 Å². The summed E-state index contributed by atoms with van der Waals surface area (Å²) in [7, 11) is 0. The average Bonchev–Trinajstić information content (AvgIpc) is 3.63. The van der Waals surface area contributed by atoms with Gasteiger partial charge in [-0.25, -0.2) is 9.97 Å². The number of nitrogens with zero attached hydrogens (tertiary/aromatic N) is 4. The molecule has 33 heavy (non-hydrogen) atoms. The van der Waals surface area contributed by atoms with Crippen molar-refractivity contribution < 1.29 is 9.59 Å². The van der Waals surface area contributed by atoms with Gasteiger partial charge in [0.2, 0.25) is 0 Å². The molecular weight excluding hydrogens is 520 g/mol. The number of hydrogen-bond acceptors (Lipinski definition) is 6. The molecule has 0 fully saturated rings. The number of halogens is 1. The summed E-state index contributed by atoms with van der Waals surface area (Å²) in [4.78, 5) is 32.1. The molecule has 0 saturated heterocycles. The van der Waals surface area contributed by atoms with Crippen LogP contribution < -0.4 is 0 Å². The topological polar surface area (TPSA) is 68.7 Å². The molecule has 0 saturated carbocycles. The van der Waals surface area contributed by atoms with E-state index >= 15 is 0 Å². The number of imidazole rings is 2. The van der Waals surface area contributed by atoms with Crippen LogP contribution in [0.15, 0.2) is 82.5 Å². The lowest BCUT2D eigenvalue weighted by atomic mass is 10.1. The van der Waals surface area contributed by atoms with Crippen molar-refractivity contribution in [3.05, 3.63) is 93.6 Å². The molecule has 6 aromatic rings. The van der Waals surface area contributed by atoms with Crippen LogP contribution in [0.5, 0.6) is 0 Å². The molecule has 6 nitrogen and oxygen atoms in total. The first-order valence-electron chi connectivity index (χ1n) is 9.81. The summed E-state index contributed by atoms with van der Waals surface area (Å²) in [6.07, 6.45) is 7.62. The molecule has 0 spiro atoms. The normalized spacial score (nSPS) is 10.8. The van der Waals surface area contributed by atoms with Crippen molar-refractivity contribution in [2.45, 2.75) is 0 Å². The molecule has 0 aliphatic rings. The Balaban J connectivity index is 0.000000139. The largest absolute Gasteiger partial charge is 0.298 e. The van der Waals surface area contributed by atoms with Gasteiger partial charge in [0.25, 0.3) is 0 Å². The Morgan fingerprint density at radius 3 is 1.97 bits per heavy atom. The van der Waals surface area contributed by atoms with Crippen molar-refractivity contribution in [2.75, 3.05) is 0 Å². The van der Waals surface area contributed by atoms with E-state index < -0.39 is 0 Å². The summed E-state index contributed by atoms with van der Waals surface area (Å²) in [6.45, 7) is 0. The van der Waals surface area contributed by atoms with Gasteiger partial charge >= 0.3 is 0 Å². The molecule has 0 atom stereocenters. The third-order valence-corrected chi connectivity index (χ3v) is 7.24. The molecule has 4 heterocycles. The predicted molar refractivity (Wildman–Crippen MR) is 135 cm³/mol. The van der Waals surface area contributed by atoms with Crippen LogP contribution in [0.25, 0.3) is 32.4 Å². The summed E-state index contributed by atoms with van der Waals surface area (Å²) in [5.41, 5.74) is 5.22. The van der Waals surface area contributed by atoms with Crippen molar-refractivity contribution >= 4 is 61.1 Å². The van der Waals surface area contributed by atoms with Crippen molar-refractivity contribution in [1.82, 2.24) is 18.8 Å². The number of hydrogen-bond donors (Lipinski definition) is 0. The zero-order valence-electron chi connectivity index (χ0n) is 17.0. The lowest BCUT2D eigenvalue weighted by molar-refractivity contribution is 0.111. The van der Waals surface area contributed by atoms with Crippen LogP contribution in [-0.2, 0) is 0 Å². The molecule has 0 unspecified atom stereocenters. The van der Waals surface area contributed by atoms with Gasteiger partial charge < -0.3 is 0 Å². The predicted octanol–water partition coefficient (Wildman–Crippen LogP) is 6.51. The highest BCUT2D eigenvalue weighted by Gasteiger charge is 2.12. The van der Waals surface area contributed by atoms with E-state index in [4.69, 9.17) is 0 Å². The number of fused-ring (bicyclic) bond motifs is 2. The molecule has 0 N–H and O–H groups in total. The van der Waals surface area contributed by atoms with Crippen LogP contribution >= 0.6 is 38.6 Å². The van der Waals surface area contributed by atoms with Gasteiger partial charge in [0.05, 0.1) is 5.69 Å². The molecule has 0 aliphatic carbocycles. The Morgan fingerprint density at radius 1 is 0.758 bits per heavy atom. The SMILES string of the molecule is O=Cc1ccc(-c2cn3ccsc3n2)cc1.O=Cc1ccc(-c2nc3sccn3c2Br)cc1. The average molecular weight is 535 g/mol. The molecule has 2 aromatic carbocycles. The minimum absolute atomic E-state index is 0.672.